The van der Waals surface area contributed by atoms with Crippen molar-refractivity contribution in [2.75, 3.05) is 17.2 Å². The Balaban J connectivity index is 1.43. The van der Waals surface area contributed by atoms with Gasteiger partial charge in [0.15, 0.2) is 0 Å². The lowest BCUT2D eigenvalue weighted by atomic mass is 9.86. The van der Waals surface area contributed by atoms with Crippen molar-refractivity contribution in [2.24, 2.45) is 11.1 Å². The van der Waals surface area contributed by atoms with Crippen LogP contribution in [0.1, 0.15) is 43.9 Å². The van der Waals surface area contributed by atoms with Crippen molar-refractivity contribution < 1.29 is 22.8 Å². The average molecular weight is 464 g/mol. The number of aromatic nitrogens is 2. The fraction of sp³-hybridized carbons (Fsp3) is 0.524. The maximum Gasteiger partial charge on any atom is 0.333 e. The number of nitrogens with zero attached hydrogens (tertiary/aromatic N) is 2. The predicted octanol–water partition coefficient (Wildman–Crippen LogP) is 1.05. The standard InChI is InChI=1S/C21H29N5O5S/c1-21(2)9-16(13-5-3-4-6-14(13)21)26-18-8-17(23-11-24-18)25-15-7-12(19(27)20(15)28)10-31-32(22,29)30/h3-6,8,11-12,15-16,19-20,27-28H,7,9-10H2,1-2H3,(H2,22,29,30)(H2,23,24,25,26)/t12-,15-,16+,19-,20+/m1/s1. The summed E-state index contributed by atoms with van der Waals surface area (Å²) in [6.45, 7) is 4.15. The molecule has 1 saturated carbocycles. The number of benzene rings is 1. The van der Waals surface area contributed by atoms with Crippen LogP contribution in [0.2, 0.25) is 0 Å². The molecule has 4 rings (SSSR count). The molecule has 0 unspecified atom stereocenters. The van der Waals surface area contributed by atoms with Crippen LogP contribution in [0.25, 0.3) is 0 Å². The third-order valence-electron chi connectivity index (χ3n) is 6.35. The third-order valence-corrected chi connectivity index (χ3v) is 6.82. The van der Waals surface area contributed by atoms with Gasteiger partial charge in [-0.05, 0) is 29.4 Å². The van der Waals surface area contributed by atoms with Crippen molar-refractivity contribution in [3.05, 3.63) is 47.8 Å². The number of hydrogen-bond donors (Lipinski definition) is 5. The minimum atomic E-state index is -4.12. The zero-order valence-electron chi connectivity index (χ0n) is 18.0. The van der Waals surface area contributed by atoms with Crippen LogP contribution in [0.15, 0.2) is 36.7 Å². The van der Waals surface area contributed by atoms with E-state index in [1.165, 1.54) is 17.5 Å². The van der Waals surface area contributed by atoms with Crippen LogP contribution in [0.3, 0.4) is 0 Å². The summed E-state index contributed by atoms with van der Waals surface area (Å²) in [5, 5.41) is 32.1. The second kappa shape index (κ2) is 8.56. The number of aliphatic hydroxyl groups is 2. The van der Waals surface area contributed by atoms with Gasteiger partial charge in [0.05, 0.1) is 24.8 Å². The molecule has 0 radical (unpaired) electrons. The van der Waals surface area contributed by atoms with E-state index in [1.54, 1.807) is 6.07 Å². The third kappa shape index (κ3) is 4.86. The SMILES string of the molecule is CC1(C)C[C@H](Nc2cc(N[C@@H]3C[C@H](COS(N)(=O)=O)[C@@H](O)[C@H]3O)ncn2)c2ccccc21. The average Bonchev–Trinajstić information content (AvgIpc) is 3.14. The molecule has 6 N–H and O–H groups in total. The summed E-state index contributed by atoms with van der Waals surface area (Å²) >= 11 is 0. The molecule has 0 saturated heterocycles. The van der Waals surface area contributed by atoms with Crippen LogP contribution in [0.5, 0.6) is 0 Å². The predicted molar refractivity (Wildman–Crippen MR) is 119 cm³/mol. The van der Waals surface area contributed by atoms with E-state index in [-0.39, 0.29) is 24.5 Å². The van der Waals surface area contributed by atoms with Crippen LogP contribution in [-0.2, 0) is 19.9 Å². The Kier molecular flexibility index (Phi) is 6.12. The zero-order chi connectivity index (χ0) is 23.1. The number of anilines is 2. The molecule has 1 fully saturated rings. The highest BCUT2D eigenvalue weighted by Gasteiger charge is 2.42. The van der Waals surface area contributed by atoms with Gasteiger partial charge in [0.2, 0.25) is 0 Å². The molecule has 174 valence electrons. The molecule has 10 nitrogen and oxygen atoms in total. The highest BCUT2D eigenvalue weighted by atomic mass is 32.2. The van der Waals surface area contributed by atoms with E-state index >= 15 is 0 Å². The smallest absolute Gasteiger partial charge is 0.333 e. The van der Waals surface area contributed by atoms with Crippen LogP contribution in [-0.4, -0.2) is 53.5 Å². The summed E-state index contributed by atoms with van der Waals surface area (Å²) in [7, 11) is -4.12. The highest BCUT2D eigenvalue weighted by molar-refractivity contribution is 7.84. The van der Waals surface area contributed by atoms with Crippen molar-refractivity contribution in [2.45, 2.75) is 56.4 Å². The van der Waals surface area contributed by atoms with Crippen LogP contribution in [0, 0.1) is 5.92 Å². The zero-order valence-corrected chi connectivity index (χ0v) is 18.8. The van der Waals surface area contributed by atoms with Gasteiger partial charge in [-0.25, -0.2) is 15.1 Å². The number of aliphatic hydroxyl groups excluding tert-OH is 2. The molecular formula is C21H29N5O5S. The van der Waals surface area contributed by atoms with E-state index in [0.717, 1.165) is 6.42 Å². The molecule has 2 aromatic rings. The largest absolute Gasteiger partial charge is 0.390 e. The Morgan fingerprint density at radius 3 is 2.56 bits per heavy atom. The molecule has 0 spiro atoms. The van der Waals surface area contributed by atoms with E-state index in [9.17, 15) is 18.6 Å². The minimum absolute atomic E-state index is 0.0561. The maximum absolute atomic E-state index is 11.0. The van der Waals surface area contributed by atoms with Gasteiger partial charge in [-0.15, -0.1) is 0 Å². The molecule has 32 heavy (non-hydrogen) atoms. The molecule has 1 aromatic heterocycles. The molecule has 1 heterocycles. The quantitative estimate of drug-likeness (QED) is 0.404. The van der Waals surface area contributed by atoms with Crippen molar-refractivity contribution in [1.82, 2.24) is 9.97 Å². The van der Waals surface area contributed by atoms with Gasteiger partial charge in [-0.3, -0.25) is 4.18 Å². The van der Waals surface area contributed by atoms with Gasteiger partial charge < -0.3 is 20.8 Å². The molecule has 0 aliphatic heterocycles. The van der Waals surface area contributed by atoms with Gasteiger partial charge in [-0.1, -0.05) is 38.1 Å². The molecule has 0 amide bonds. The number of rotatable bonds is 7. The van der Waals surface area contributed by atoms with E-state index in [4.69, 9.17) is 5.14 Å². The van der Waals surface area contributed by atoms with Crippen LogP contribution in [0.4, 0.5) is 11.6 Å². The lowest BCUT2D eigenvalue weighted by molar-refractivity contribution is 0.00778. The Labute approximate surface area is 187 Å². The van der Waals surface area contributed by atoms with E-state index in [1.807, 2.05) is 6.07 Å². The van der Waals surface area contributed by atoms with Gasteiger partial charge in [-0.2, -0.15) is 8.42 Å². The molecule has 5 atom stereocenters. The second-order valence-corrected chi connectivity index (χ2v) is 10.4. The normalized spacial score (nSPS) is 29.0. The molecule has 2 aliphatic carbocycles. The Morgan fingerprint density at radius 2 is 1.84 bits per heavy atom. The van der Waals surface area contributed by atoms with Crippen molar-refractivity contribution in [1.29, 1.82) is 0 Å². The number of nitrogens with one attached hydrogen (secondary N) is 2. The van der Waals surface area contributed by atoms with Crippen molar-refractivity contribution in [3.8, 4) is 0 Å². The molecule has 11 heteroatoms. The van der Waals surface area contributed by atoms with E-state index in [2.05, 4.69) is 56.8 Å². The van der Waals surface area contributed by atoms with E-state index < -0.39 is 34.5 Å². The van der Waals surface area contributed by atoms with Gasteiger partial charge in [0, 0.05) is 12.0 Å². The minimum Gasteiger partial charge on any atom is -0.390 e. The lowest BCUT2D eigenvalue weighted by Gasteiger charge is -2.21. The van der Waals surface area contributed by atoms with Gasteiger partial charge >= 0.3 is 10.3 Å². The summed E-state index contributed by atoms with van der Waals surface area (Å²) in [5.74, 6) is 0.539. The first-order chi connectivity index (χ1) is 15.0. The molecule has 2 aliphatic rings. The highest BCUT2D eigenvalue weighted by Crippen LogP contribution is 2.45. The summed E-state index contributed by atoms with van der Waals surface area (Å²) in [4.78, 5) is 8.55. The van der Waals surface area contributed by atoms with Crippen LogP contribution >= 0.6 is 0 Å². The molecular weight excluding hydrogens is 434 g/mol. The fourth-order valence-electron chi connectivity index (χ4n) is 4.77. The van der Waals surface area contributed by atoms with Gasteiger partial charge in [0.1, 0.15) is 24.1 Å². The first kappa shape index (κ1) is 22.9. The van der Waals surface area contributed by atoms with Gasteiger partial charge in [0.25, 0.3) is 0 Å². The first-order valence-corrected chi connectivity index (χ1v) is 12.0. The number of nitrogens with two attached hydrogens (primary N) is 1. The maximum atomic E-state index is 11.0. The lowest BCUT2D eigenvalue weighted by Crippen LogP contribution is -2.36. The summed E-state index contributed by atoms with van der Waals surface area (Å²) in [5.41, 5.74) is 2.62. The fourth-order valence-corrected chi connectivity index (χ4v) is 5.14. The summed E-state index contributed by atoms with van der Waals surface area (Å²) in [6.07, 6.45) is 0.382. The topological polar surface area (TPSA) is 160 Å². The molecule has 0 bridgehead atoms. The Morgan fingerprint density at radius 1 is 1.16 bits per heavy atom. The monoisotopic (exact) mass is 463 g/mol. The summed E-state index contributed by atoms with van der Waals surface area (Å²) in [6, 6.07) is 9.70. The Hall–Kier alpha value is -2.31. The second-order valence-electron chi connectivity index (χ2n) is 9.17. The Bertz CT molecular complexity index is 1080. The number of fused-ring (bicyclic) bond motifs is 1. The van der Waals surface area contributed by atoms with E-state index in [0.29, 0.717) is 11.6 Å². The first-order valence-electron chi connectivity index (χ1n) is 10.5. The number of hydrogen-bond acceptors (Lipinski definition) is 9. The summed E-state index contributed by atoms with van der Waals surface area (Å²) < 4.78 is 26.6. The van der Waals surface area contributed by atoms with Crippen molar-refractivity contribution in [3.63, 3.8) is 0 Å². The van der Waals surface area contributed by atoms with Crippen molar-refractivity contribution >= 4 is 21.9 Å². The molecule has 1 aromatic carbocycles. The van der Waals surface area contributed by atoms with Crippen LogP contribution < -0.4 is 15.8 Å².